The number of nitrogens with one attached hydrogen (secondary N) is 1. The molecule has 0 saturated carbocycles. The summed E-state index contributed by atoms with van der Waals surface area (Å²) in [6, 6.07) is 12.6. The van der Waals surface area contributed by atoms with E-state index in [0.29, 0.717) is 39.9 Å². The van der Waals surface area contributed by atoms with E-state index >= 15 is 0 Å². The highest BCUT2D eigenvalue weighted by atomic mass is 35.5. The van der Waals surface area contributed by atoms with Crippen molar-refractivity contribution in [2.45, 2.75) is 25.5 Å². The zero-order valence-electron chi connectivity index (χ0n) is 16.0. The molecule has 0 saturated heterocycles. The van der Waals surface area contributed by atoms with Crippen LogP contribution in [0.3, 0.4) is 0 Å². The van der Waals surface area contributed by atoms with E-state index in [1.165, 1.54) is 11.8 Å². The number of nitrogens with zero attached hydrogens (tertiary/aromatic N) is 3. The first-order valence-electron chi connectivity index (χ1n) is 9.06. The summed E-state index contributed by atoms with van der Waals surface area (Å²) in [7, 11) is 0. The van der Waals surface area contributed by atoms with Gasteiger partial charge in [0.1, 0.15) is 5.75 Å². The van der Waals surface area contributed by atoms with Gasteiger partial charge in [0.2, 0.25) is 5.91 Å². The van der Waals surface area contributed by atoms with Crippen LogP contribution in [0.2, 0.25) is 10.0 Å². The van der Waals surface area contributed by atoms with Crippen molar-refractivity contribution in [3.63, 3.8) is 0 Å². The van der Waals surface area contributed by atoms with Crippen LogP contribution in [0.15, 0.2) is 47.6 Å². The molecule has 1 N–H and O–H groups in total. The van der Waals surface area contributed by atoms with Crippen LogP contribution in [0.5, 0.6) is 5.75 Å². The van der Waals surface area contributed by atoms with Gasteiger partial charge >= 0.3 is 0 Å². The highest BCUT2D eigenvalue weighted by molar-refractivity contribution is 7.99. The summed E-state index contributed by atoms with van der Waals surface area (Å²) in [5, 5.41) is 13.0. The number of anilines is 1. The molecular formula is C20H20Cl2N4O2S. The molecule has 1 amide bonds. The summed E-state index contributed by atoms with van der Waals surface area (Å²) in [6.45, 7) is 5.18. The lowest BCUT2D eigenvalue weighted by Gasteiger charge is -2.09. The normalized spacial score (nSPS) is 10.8. The van der Waals surface area contributed by atoms with Gasteiger partial charge in [0.15, 0.2) is 11.0 Å². The molecule has 3 rings (SSSR count). The number of carbonyl (C=O) groups excluding carboxylic acids is 1. The second-order valence-corrected chi connectivity index (χ2v) is 7.73. The van der Waals surface area contributed by atoms with Crippen molar-refractivity contribution in [2.24, 2.45) is 0 Å². The Balaban J connectivity index is 1.65. The fourth-order valence-corrected chi connectivity index (χ4v) is 3.76. The van der Waals surface area contributed by atoms with Gasteiger partial charge < -0.3 is 14.6 Å². The Morgan fingerprint density at radius 3 is 2.52 bits per heavy atom. The molecule has 6 nitrogen and oxygen atoms in total. The topological polar surface area (TPSA) is 69.0 Å². The van der Waals surface area contributed by atoms with E-state index in [1.807, 2.05) is 48.7 Å². The van der Waals surface area contributed by atoms with E-state index in [9.17, 15) is 4.79 Å². The molecule has 1 aromatic heterocycles. The Kier molecular flexibility index (Phi) is 7.41. The van der Waals surface area contributed by atoms with Crippen molar-refractivity contribution in [3.05, 3.63) is 52.5 Å². The number of benzene rings is 2. The van der Waals surface area contributed by atoms with Crippen molar-refractivity contribution in [1.29, 1.82) is 0 Å². The summed E-state index contributed by atoms with van der Waals surface area (Å²) >= 11 is 13.4. The number of amides is 1. The van der Waals surface area contributed by atoms with Crippen LogP contribution in [-0.2, 0) is 11.3 Å². The maximum atomic E-state index is 12.3. The summed E-state index contributed by atoms with van der Waals surface area (Å²) in [5.41, 5.74) is 1.53. The Morgan fingerprint density at radius 2 is 1.86 bits per heavy atom. The third kappa shape index (κ3) is 5.44. The lowest BCUT2D eigenvalue weighted by molar-refractivity contribution is -0.113. The average molecular weight is 451 g/mol. The van der Waals surface area contributed by atoms with E-state index < -0.39 is 0 Å². The first kappa shape index (κ1) is 21.5. The average Bonchev–Trinajstić information content (AvgIpc) is 3.13. The monoisotopic (exact) mass is 450 g/mol. The minimum Gasteiger partial charge on any atom is -0.494 e. The number of aromatic nitrogens is 3. The van der Waals surface area contributed by atoms with Gasteiger partial charge in [-0.25, -0.2) is 0 Å². The van der Waals surface area contributed by atoms with Crippen LogP contribution in [0.25, 0.3) is 11.4 Å². The standard InChI is InChI=1S/C20H20Cl2N4O2S/c1-3-26-19(13-5-10-16(21)17(22)11-13)24-25-20(26)29-12-18(27)23-14-6-8-15(9-7-14)28-4-2/h5-11H,3-4,12H2,1-2H3,(H,23,27). The van der Waals surface area contributed by atoms with Crippen LogP contribution in [0.1, 0.15) is 13.8 Å². The van der Waals surface area contributed by atoms with Gasteiger partial charge in [0.05, 0.1) is 22.4 Å². The highest BCUT2D eigenvalue weighted by Crippen LogP contribution is 2.29. The molecule has 0 bridgehead atoms. The third-order valence-corrected chi connectivity index (χ3v) is 5.70. The number of ether oxygens (including phenoxy) is 1. The molecule has 0 unspecified atom stereocenters. The highest BCUT2D eigenvalue weighted by Gasteiger charge is 2.15. The first-order chi connectivity index (χ1) is 14.0. The molecule has 0 atom stereocenters. The van der Waals surface area contributed by atoms with Gasteiger partial charge in [-0.2, -0.15) is 0 Å². The molecule has 0 aliphatic heterocycles. The predicted octanol–water partition coefficient (Wildman–Crippen LogP) is 5.40. The van der Waals surface area contributed by atoms with Gasteiger partial charge in [0.25, 0.3) is 0 Å². The Bertz CT molecular complexity index is 993. The van der Waals surface area contributed by atoms with E-state index in [1.54, 1.807) is 12.1 Å². The van der Waals surface area contributed by atoms with Crippen LogP contribution in [-0.4, -0.2) is 33.0 Å². The van der Waals surface area contributed by atoms with Crippen LogP contribution in [0, 0.1) is 0 Å². The van der Waals surface area contributed by atoms with Gasteiger partial charge in [-0.1, -0.05) is 35.0 Å². The summed E-state index contributed by atoms with van der Waals surface area (Å²) in [6.07, 6.45) is 0. The number of carbonyl (C=O) groups is 1. The first-order valence-corrected chi connectivity index (χ1v) is 10.8. The van der Waals surface area contributed by atoms with Crippen molar-refractivity contribution >= 4 is 46.6 Å². The fourth-order valence-electron chi connectivity index (χ4n) is 2.66. The SMILES string of the molecule is CCOc1ccc(NC(=O)CSc2nnc(-c3ccc(Cl)c(Cl)c3)n2CC)cc1. The number of hydrogen-bond donors (Lipinski definition) is 1. The van der Waals surface area contributed by atoms with E-state index in [-0.39, 0.29) is 11.7 Å². The molecule has 2 aromatic carbocycles. The molecule has 29 heavy (non-hydrogen) atoms. The van der Waals surface area contributed by atoms with Crippen molar-refractivity contribution in [3.8, 4) is 17.1 Å². The molecule has 0 spiro atoms. The number of hydrogen-bond acceptors (Lipinski definition) is 5. The number of rotatable bonds is 8. The van der Waals surface area contributed by atoms with Crippen LogP contribution in [0.4, 0.5) is 5.69 Å². The molecule has 0 aliphatic carbocycles. The van der Waals surface area contributed by atoms with Gasteiger partial charge in [-0.15, -0.1) is 10.2 Å². The van der Waals surface area contributed by atoms with E-state index in [4.69, 9.17) is 27.9 Å². The lowest BCUT2D eigenvalue weighted by Crippen LogP contribution is -2.14. The summed E-state index contributed by atoms with van der Waals surface area (Å²) < 4.78 is 7.34. The lowest BCUT2D eigenvalue weighted by atomic mass is 10.2. The van der Waals surface area contributed by atoms with E-state index in [0.717, 1.165) is 11.3 Å². The van der Waals surface area contributed by atoms with E-state index in [2.05, 4.69) is 15.5 Å². The van der Waals surface area contributed by atoms with Gasteiger partial charge in [-0.05, 0) is 56.3 Å². The van der Waals surface area contributed by atoms with Gasteiger partial charge in [-0.3, -0.25) is 4.79 Å². The van der Waals surface area contributed by atoms with Crippen molar-refractivity contribution in [2.75, 3.05) is 17.7 Å². The molecule has 9 heteroatoms. The minimum atomic E-state index is -0.124. The second-order valence-electron chi connectivity index (χ2n) is 5.97. The predicted molar refractivity (Wildman–Crippen MR) is 118 cm³/mol. The molecule has 0 radical (unpaired) electrons. The minimum absolute atomic E-state index is 0.124. The maximum absolute atomic E-state index is 12.3. The summed E-state index contributed by atoms with van der Waals surface area (Å²) in [4.78, 5) is 12.3. The number of halogens is 2. The Hall–Kier alpha value is -2.22. The number of thioether (sulfide) groups is 1. The smallest absolute Gasteiger partial charge is 0.234 e. The molecule has 3 aromatic rings. The Morgan fingerprint density at radius 1 is 1.10 bits per heavy atom. The zero-order chi connectivity index (χ0) is 20.8. The second kappa shape index (κ2) is 10.0. The maximum Gasteiger partial charge on any atom is 0.234 e. The third-order valence-electron chi connectivity index (χ3n) is 3.99. The molecule has 0 fully saturated rings. The largest absolute Gasteiger partial charge is 0.494 e. The Labute approximate surface area is 183 Å². The quantitative estimate of drug-likeness (QED) is 0.465. The zero-order valence-corrected chi connectivity index (χ0v) is 18.3. The van der Waals surface area contributed by atoms with Crippen molar-refractivity contribution in [1.82, 2.24) is 14.8 Å². The molecular weight excluding hydrogens is 431 g/mol. The van der Waals surface area contributed by atoms with Gasteiger partial charge in [0, 0.05) is 17.8 Å². The van der Waals surface area contributed by atoms with Crippen LogP contribution < -0.4 is 10.1 Å². The summed E-state index contributed by atoms with van der Waals surface area (Å²) in [5.74, 6) is 1.54. The molecule has 1 heterocycles. The van der Waals surface area contributed by atoms with Crippen molar-refractivity contribution < 1.29 is 9.53 Å². The fraction of sp³-hybridized carbons (Fsp3) is 0.250. The van der Waals surface area contributed by atoms with Crippen LogP contribution >= 0.6 is 35.0 Å². The molecule has 152 valence electrons. The molecule has 0 aliphatic rings.